The van der Waals surface area contributed by atoms with Gasteiger partial charge in [-0.15, -0.1) is 0 Å². The lowest BCUT2D eigenvalue weighted by Gasteiger charge is -2.29. The summed E-state index contributed by atoms with van der Waals surface area (Å²) in [4.78, 5) is 0. The van der Waals surface area contributed by atoms with E-state index < -0.39 is 0 Å². The molecule has 20 heavy (non-hydrogen) atoms. The van der Waals surface area contributed by atoms with E-state index in [1.165, 1.54) is 17.2 Å². The minimum Gasteiger partial charge on any atom is -0.490 e. The van der Waals surface area contributed by atoms with E-state index in [9.17, 15) is 4.39 Å². The Balaban J connectivity index is 1.65. The van der Waals surface area contributed by atoms with Crippen LogP contribution in [-0.4, -0.2) is 6.61 Å². The van der Waals surface area contributed by atoms with Gasteiger partial charge in [-0.1, -0.05) is 30.3 Å². The molecule has 2 aromatic carbocycles. The Bertz CT molecular complexity index is 624. The van der Waals surface area contributed by atoms with Gasteiger partial charge in [0, 0.05) is 12.0 Å². The van der Waals surface area contributed by atoms with Crippen molar-refractivity contribution >= 4 is 0 Å². The van der Waals surface area contributed by atoms with Gasteiger partial charge in [-0.05, 0) is 42.2 Å². The molecule has 2 N–H and O–H groups in total. The fraction of sp³-hybridized carbons (Fsp3) is 0.294. The van der Waals surface area contributed by atoms with Gasteiger partial charge in [-0.3, -0.25) is 0 Å². The molecule has 2 atom stereocenters. The van der Waals surface area contributed by atoms with Gasteiger partial charge in [-0.25, -0.2) is 4.39 Å². The van der Waals surface area contributed by atoms with Gasteiger partial charge in [0.15, 0.2) is 11.6 Å². The Morgan fingerprint density at radius 2 is 2.10 bits per heavy atom. The molecular formula is C17H18FNO. The first-order valence-corrected chi connectivity index (χ1v) is 6.91. The highest BCUT2D eigenvalue weighted by Crippen LogP contribution is 2.35. The number of benzene rings is 2. The number of halogens is 1. The predicted molar refractivity (Wildman–Crippen MR) is 77.4 cm³/mol. The Morgan fingerprint density at radius 3 is 2.80 bits per heavy atom. The average Bonchev–Trinajstić information content (AvgIpc) is 2.41. The first-order chi connectivity index (χ1) is 9.65. The maximum atomic E-state index is 13.9. The van der Waals surface area contributed by atoms with Crippen molar-refractivity contribution < 1.29 is 9.13 Å². The van der Waals surface area contributed by atoms with Crippen molar-refractivity contribution in [1.82, 2.24) is 0 Å². The molecule has 3 rings (SSSR count). The lowest BCUT2D eigenvalue weighted by atomic mass is 9.78. The number of rotatable bonds is 4. The molecule has 2 nitrogen and oxygen atoms in total. The van der Waals surface area contributed by atoms with E-state index in [2.05, 4.69) is 12.1 Å². The van der Waals surface area contributed by atoms with Crippen LogP contribution < -0.4 is 10.5 Å². The van der Waals surface area contributed by atoms with Crippen molar-refractivity contribution in [2.45, 2.75) is 25.3 Å². The number of nitrogens with two attached hydrogens (primary N) is 1. The second kappa shape index (κ2) is 5.25. The van der Waals surface area contributed by atoms with Crippen molar-refractivity contribution in [2.24, 2.45) is 5.73 Å². The first-order valence-electron chi connectivity index (χ1n) is 6.91. The SMILES string of the molecule is CC(N)c1ccc(OCC2Cc3ccccc32)c(F)c1. The Kier molecular flexibility index (Phi) is 3.45. The van der Waals surface area contributed by atoms with Gasteiger partial charge in [0.05, 0.1) is 6.61 Å². The van der Waals surface area contributed by atoms with Crippen LogP contribution in [0, 0.1) is 5.82 Å². The highest BCUT2D eigenvalue weighted by molar-refractivity contribution is 5.40. The molecule has 3 heteroatoms. The topological polar surface area (TPSA) is 35.2 Å². The number of fused-ring (bicyclic) bond motifs is 1. The molecule has 2 aromatic rings. The highest BCUT2D eigenvalue weighted by atomic mass is 19.1. The number of ether oxygens (including phenoxy) is 1. The summed E-state index contributed by atoms with van der Waals surface area (Å²) in [5.41, 5.74) is 9.20. The molecule has 0 heterocycles. The molecule has 0 aromatic heterocycles. The molecule has 0 saturated carbocycles. The molecule has 0 spiro atoms. The Morgan fingerprint density at radius 1 is 1.30 bits per heavy atom. The van der Waals surface area contributed by atoms with Crippen molar-refractivity contribution in [1.29, 1.82) is 0 Å². The Hall–Kier alpha value is -1.87. The summed E-state index contributed by atoms with van der Waals surface area (Å²) in [6, 6.07) is 13.1. The molecule has 0 amide bonds. The second-order valence-corrected chi connectivity index (χ2v) is 5.39. The van der Waals surface area contributed by atoms with E-state index in [0.717, 1.165) is 12.0 Å². The normalized spacial score (nSPS) is 18.1. The van der Waals surface area contributed by atoms with Crippen molar-refractivity contribution in [2.75, 3.05) is 6.61 Å². The van der Waals surface area contributed by atoms with Crippen LogP contribution in [0.25, 0.3) is 0 Å². The average molecular weight is 271 g/mol. The monoisotopic (exact) mass is 271 g/mol. The lowest BCUT2D eigenvalue weighted by Crippen LogP contribution is -2.23. The maximum absolute atomic E-state index is 13.9. The van der Waals surface area contributed by atoms with Gasteiger partial charge >= 0.3 is 0 Å². The fourth-order valence-corrected chi connectivity index (χ4v) is 2.62. The number of hydrogen-bond acceptors (Lipinski definition) is 2. The second-order valence-electron chi connectivity index (χ2n) is 5.39. The van der Waals surface area contributed by atoms with E-state index in [1.807, 2.05) is 25.1 Å². The molecule has 0 bridgehead atoms. The third kappa shape index (κ3) is 2.41. The smallest absolute Gasteiger partial charge is 0.165 e. The van der Waals surface area contributed by atoms with Crippen LogP contribution in [-0.2, 0) is 6.42 Å². The zero-order chi connectivity index (χ0) is 14.1. The summed E-state index contributed by atoms with van der Waals surface area (Å²) in [5.74, 6) is 0.338. The molecule has 0 saturated heterocycles. The van der Waals surface area contributed by atoms with Crippen LogP contribution in [0.15, 0.2) is 42.5 Å². The van der Waals surface area contributed by atoms with Crippen LogP contribution in [0.5, 0.6) is 5.75 Å². The largest absolute Gasteiger partial charge is 0.490 e. The van der Waals surface area contributed by atoms with Crippen molar-refractivity contribution in [3.05, 3.63) is 65.0 Å². The third-order valence-corrected chi connectivity index (χ3v) is 3.88. The summed E-state index contributed by atoms with van der Waals surface area (Å²) in [6.45, 7) is 2.35. The first kappa shape index (κ1) is 13.1. The van der Waals surface area contributed by atoms with Crippen molar-refractivity contribution in [3.63, 3.8) is 0 Å². The van der Waals surface area contributed by atoms with Gasteiger partial charge < -0.3 is 10.5 Å². The highest BCUT2D eigenvalue weighted by Gasteiger charge is 2.26. The standard InChI is InChI=1S/C17H18FNO/c1-11(19)12-6-7-17(16(18)9-12)20-10-14-8-13-4-2-3-5-15(13)14/h2-7,9,11,14H,8,10,19H2,1H3. The minimum atomic E-state index is -0.340. The third-order valence-electron chi connectivity index (χ3n) is 3.88. The van der Waals surface area contributed by atoms with Crippen LogP contribution in [0.3, 0.4) is 0 Å². The molecule has 0 aliphatic heterocycles. The van der Waals surface area contributed by atoms with Crippen LogP contribution in [0.4, 0.5) is 4.39 Å². The Labute approximate surface area is 118 Å². The van der Waals surface area contributed by atoms with Gasteiger partial charge in [0.1, 0.15) is 0 Å². The van der Waals surface area contributed by atoms with Gasteiger partial charge in [-0.2, -0.15) is 0 Å². The van der Waals surface area contributed by atoms with E-state index in [-0.39, 0.29) is 11.9 Å². The summed E-state index contributed by atoms with van der Waals surface area (Å²) < 4.78 is 19.5. The number of hydrogen-bond donors (Lipinski definition) is 1. The van der Waals surface area contributed by atoms with E-state index >= 15 is 0 Å². The fourth-order valence-electron chi connectivity index (χ4n) is 2.62. The van der Waals surface area contributed by atoms with E-state index in [1.54, 1.807) is 6.07 Å². The maximum Gasteiger partial charge on any atom is 0.165 e. The summed E-state index contributed by atoms with van der Waals surface area (Å²) in [7, 11) is 0. The van der Waals surface area contributed by atoms with E-state index in [4.69, 9.17) is 10.5 Å². The lowest BCUT2D eigenvalue weighted by molar-refractivity contribution is 0.263. The molecule has 0 fully saturated rings. The van der Waals surface area contributed by atoms with Crippen LogP contribution >= 0.6 is 0 Å². The molecule has 2 unspecified atom stereocenters. The minimum absolute atomic E-state index is 0.169. The summed E-state index contributed by atoms with van der Waals surface area (Å²) in [5, 5.41) is 0. The molecule has 1 aliphatic carbocycles. The summed E-state index contributed by atoms with van der Waals surface area (Å²) >= 11 is 0. The van der Waals surface area contributed by atoms with Gasteiger partial charge in [0.2, 0.25) is 0 Å². The van der Waals surface area contributed by atoms with Crippen molar-refractivity contribution in [3.8, 4) is 5.75 Å². The quantitative estimate of drug-likeness (QED) is 0.922. The molecule has 104 valence electrons. The molecule has 0 radical (unpaired) electrons. The predicted octanol–water partition coefficient (Wildman–Crippen LogP) is 3.56. The van der Waals surface area contributed by atoms with Crippen LogP contribution in [0.1, 0.15) is 35.6 Å². The van der Waals surface area contributed by atoms with Gasteiger partial charge in [0.25, 0.3) is 0 Å². The molecular weight excluding hydrogens is 253 g/mol. The zero-order valence-corrected chi connectivity index (χ0v) is 11.5. The molecule has 1 aliphatic rings. The van der Waals surface area contributed by atoms with Crippen LogP contribution in [0.2, 0.25) is 0 Å². The summed E-state index contributed by atoms with van der Waals surface area (Å²) in [6.07, 6.45) is 1.01. The zero-order valence-electron chi connectivity index (χ0n) is 11.5. The van der Waals surface area contributed by atoms with E-state index in [0.29, 0.717) is 18.3 Å².